The standard InChI is InChI=1S/C24H32N2O2S2/c1-29-21-13-9-19(10-14-21)17-25-23(27)7-5-3-4-6-8-24(28)26-18-20-11-15-22(30-2)16-12-20/h9-16H,3-8,17-18H2,1-2H3,(H,25,27)(H,26,28). The average molecular weight is 445 g/mol. The second-order valence-electron chi connectivity index (χ2n) is 7.16. The topological polar surface area (TPSA) is 58.2 Å². The number of hydrogen-bond acceptors (Lipinski definition) is 4. The van der Waals surface area contributed by atoms with Gasteiger partial charge in [0.05, 0.1) is 0 Å². The van der Waals surface area contributed by atoms with Gasteiger partial charge in [0.1, 0.15) is 0 Å². The highest BCUT2D eigenvalue weighted by Crippen LogP contribution is 2.15. The first-order valence-corrected chi connectivity index (χ1v) is 12.8. The molecular formula is C24H32N2O2S2. The maximum atomic E-state index is 12.0. The predicted octanol–water partition coefficient (Wildman–Crippen LogP) is 5.40. The summed E-state index contributed by atoms with van der Waals surface area (Å²) in [5, 5.41) is 5.95. The Morgan fingerprint density at radius 1 is 0.633 bits per heavy atom. The van der Waals surface area contributed by atoms with Crippen LogP contribution in [0.5, 0.6) is 0 Å². The Hall–Kier alpha value is -1.92. The van der Waals surface area contributed by atoms with Crippen molar-refractivity contribution in [2.75, 3.05) is 12.5 Å². The zero-order chi connectivity index (χ0) is 21.6. The van der Waals surface area contributed by atoms with Crippen LogP contribution in [0.2, 0.25) is 0 Å². The van der Waals surface area contributed by atoms with E-state index in [1.165, 1.54) is 9.79 Å². The largest absolute Gasteiger partial charge is 0.352 e. The first-order valence-electron chi connectivity index (χ1n) is 10.4. The van der Waals surface area contributed by atoms with Crippen molar-refractivity contribution in [2.24, 2.45) is 0 Å². The lowest BCUT2D eigenvalue weighted by Crippen LogP contribution is -2.22. The van der Waals surface area contributed by atoms with E-state index >= 15 is 0 Å². The number of thioether (sulfide) groups is 2. The Kier molecular flexibility index (Phi) is 11.5. The molecule has 2 aromatic carbocycles. The molecule has 0 unspecified atom stereocenters. The highest BCUT2D eigenvalue weighted by Gasteiger charge is 2.04. The molecule has 4 nitrogen and oxygen atoms in total. The lowest BCUT2D eigenvalue weighted by atomic mass is 10.1. The molecule has 0 aliphatic heterocycles. The van der Waals surface area contributed by atoms with E-state index in [0.717, 1.165) is 36.8 Å². The lowest BCUT2D eigenvalue weighted by Gasteiger charge is -2.07. The molecule has 6 heteroatoms. The fraction of sp³-hybridized carbons (Fsp3) is 0.417. The first-order chi connectivity index (χ1) is 14.6. The molecule has 0 aromatic heterocycles. The van der Waals surface area contributed by atoms with Crippen molar-refractivity contribution in [3.05, 3.63) is 59.7 Å². The summed E-state index contributed by atoms with van der Waals surface area (Å²) in [6.07, 6.45) is 8.85. The minimum Gasteiger partial charge on any atom is -0.352 e. The summed E-state index contributed by atoms with van der Waals surface area (Å²) in [7, 11) is 0. The van der Waals surface area contributed by atoms with Gasteiger partial charge in [0.2, 0.25) is 11.8 Å². The Bertz CT molecular complexity index is 709. The summed E-state index contributed by atoms with van der Waals surface area (Å²) in [6, 6.07) is 16.5. The zero-order valence-corrected chi connectivity index (χ0v) is 19.5. The van der Waals surface area contributed by atoms with Crippen LogP contribution in [0.15, 0.2) is 58.3 Å². The fourth-order valence-electron chi connectivity index (χ4n) is 2.99. The normalized spacial score (nSPS) is 10.6. The molecule has 0 heterocycles. The van der Waals surface area contributed by atoms with Crippen LogP contribution in [0.25, 0.3) is 0 Å². The van der Waals surface area contributed by atoms with E-state index in [-0.39, 0.29) is 11.8 Å². The van der Waals surface area contributed by atoms with Crippen molar-refractivity contribution in [3.63, 3.8) is 0 Å². The minimum absolute atomic E-state index is 0.0918. The summed E-state index contributed by atoms with van der Waals surface area (Å²) in [5.74, 6) is 0.184. The quantitative estimate of drug-likeness (QED) is 0.321. The molecule has 0 bridgehead atoms. The Morgan fingerprint density at radius 3 is 1.33 bits per heavy atom. The molecule has 162 valence electrons. The van der Waals surface area contributed by atoms with Gasteiger partial charge < -0.3 is 10.6 Å². The molecule has 0 radical (unpaired) electrons. The number of carbonyl (C=O) groups excluding carboxylic acids is 2. The van der Waals surface area contributed by atoms with Crippen molar-refractivity contribution < 1.29 is 9.59 Å². The summed E-state index contributed by atoms with van der Waals surface area (Å²) in [4.78, 5) is 26.4. The molecule has 0 saturated carbocycles. The van der Waals surface area contributed by atoms with Crippen LogP contribution >= 0.6 is 23.5 Å². The molecule has 0 spiro atoms. The number of unbranched alkanes of at least 4 members (excludes halogenated alkanes) is 3. The van der Waals surface area contributed by atoms with Crippen LogP contribution in [0.1, 0.15) is 49.7 Å². The maximum absolute atomic E-state index is 12.0. The van der Waals surface area contributed by atoms with E-state index in [9.17, 15) is 9.59 Å². The molecule has 0 atom stereocenters. The van der Waals surface area contributed by atoms with Crippen LogP contribution in [-0.2, 0) is 22.7 Å². The van der Waals surface area contributed by atoms with E-state index in [4.69, 9.17) is 0 Å². The average Bonchev–Trinajstić information content (AvgIpc) is 2.79. The predicted molar refractivity (Wildman–Crippen MR) is 128 cm³/mol. The van der Waals surface area contributed by atoms with Crippen LogP contribution in [0.4, 0.5) is 0 Å². The third kappa shape index (κ3) is 9.72. The molecule has 2 rings (SSSR count). The van der Waals surface area contributed by atoms with E-state index in [1.54, 1.807) is 23.5 Å². The van der Waals surface area contributed by atoms with Gasteiger partial charge in [-0.25, -0.2) is 0 Å². The van der Waals surface area contributed by atoms with Crippen LogP contribution in [0, 0.1) is 0 Å². The Balaban J connectivity index is 1.48. The monoisotopic (exact) mass is 444 g/mol. The maximum Gasteiger partial charge on any atom is 0.220 e. The second-order valence-corrected chi connectivity index (χ2v) is 8.92. The summed E-state index contributed by atoms with van der Waals surface area (Å²) in [5.41, 5.74) is 2.24. The zero-order valence-electron chi connectivity index (χ0n) is 17.9. The van der Waals surface area contributed by atoms with Crippen LogP contribution in [-0.4, -0.2) is 24.3 Å². The van der Waals surface area contributed by atoms with Gasteiger partial charge in [-0.15, -0.1) is 23.5 Å². The number of hydrogen-bond donors (Lipinski definition) is 2. The van der Waals surface area contributed by atoms with Crippen LogP contribution < -0.4 is 10.6 Å². The van der Waals surface area contributed by atoms with Gasteiger partial charge in [0.25, 0.3) is 0 Å². The van der Waals surface area contributed by atoms with Gasteiger partial charge in [-0.05, 0) is 60.7 Å². The fourth-order valence-corrected chi connectivity index (χ4v) is 3.81. The van der Waals surface area contributed by atoms with E-state index in [2.05, 4.69) is 71.7 Å². The molecule has 2 N–H and O–H groups in total. The molecule has 2 amide bonds. The van der Waals surface area contributed by atoms with E-state index in [0.29, 0.717) is 25.9 Å². The number of rotatable bonds is 13. The molecule has 0 fully saturated rings. The molecule has 2 aromatic rings. The van der Waals surface area contributed by atoms with Crippen molar-refractivity contribution in [2.45, 2.75) is 61.4 Å². The molecule has 0 saturated heterocycles. The van der Waals surface area contributed by atoms with Gasteiger partial charge in [0.15, 0.2) is 0 Å². The molecule has 0 aliphatic carbocycles. The van der Waals surface area contributed by atoms with Gasteiger partial charge in [0, 0.05) is 35.7 Å². The lowest BCUT2D eigenvalue weighted by molar-refractivity contribution is -0.122. The number of amides is 2. The first kappa shape index (κ1) is 24.4. The third-order valence-corrected chi connectivity index (χ3v) is 6.34. The van der Waals surface area contributed by atoms with Crippen LogP contribution in [0.3, 0.4) is 0 Å². The summed E-state index contributed by atoms with van der Waals surface area (Å²) in [6.45, 7) is 1.15. The van der Waals surface area contributed by atoms with Gasteiger partial charge in [-0.3, -0.25) is 9.59 Å². The highest BCUT2D eigenvalue weighted by atomic mass is 32.2. The van der Waals surface area contributed by atoms with Gasteiger partial charge in [-0.1, -0.05) is 37.1 Å². The second kappa shape index (κ2) is 14.1. The van der Waals surface area contributed by atoms with Crippen molar-refractivity contribution in [3.8, 4) is 0 Å². The minimum atomic E-state index is 0.0918. The smallest absolute Gasteiger partial charge is 0.220 e. The van der Waals surface area contributed by atoms with Gasteiger partial charge in [-0.2, -0.15) is 0 Å². The summed E-state index contributed by atoms with van der Waals surface area (Å²) < 4.78 is 0. The summed E-state index contributed by atoms with van der Waals surface area (Å²) >= 11 is 3.42. The number of benzene rings is 2. The Labute approximate surface area is 189 Å². The molecule has 0 aliphatic rings. The molecular weight excluding hydrogens is 412 g/mol. The van der Waals surface area contributed by atoms with E-state index in [1.807, 2.05) is 0 Å². The Morgan fingerprint density at radius 2 is 1.00 bits per heavy atom. The molecule has 30 heavy (non-hydrogen) atoms. The third-order valence-electron chi connectivity index (χ3n) is 4.86. The van der Waals surface area contributed by atoms with Crippen molar-refractivity contribution in [1.82, 2.24) is 10.6 Å². The SMILES string of the molecule is CSc1ccc(CNC(=O)CCCCCCC(=O)NCc2ccc(SC)cc2)cc1. The van der Waals surface area contributed by atoms with Crippen molar-refractivity contribution in [1.29, 1.82) is 0 Å². The van der Waals surface area contributed by atoms with E-state index < -0.39 is 0 Å². The van der Waals surface area contributed by atoms with Gasteiger partial charge >= 0.3 is 0 Å². The van der Waals surface area contributed by atoms with Crippen molar-refractivity contribution >= 4 is 35.3 Å². The number of nitrogens with one attached hydrogen (secondary N) is 2. The number of carbonyl (C=O) groups is 2. The highest BCUT2D eigenvalue weighted by molar-refractivity contribution is 7.98.